The molecule has 4 heteroatoms. The molecule has 0 amide bonds. The Labute approximate surface area is 113 Å². The zero-order valence-corrected chi connectivity index (χ0v) is 11.4. The smallest absolute Gasteiger partial charge is 0.231 e. The highest BCUT2D eigenvalue weighted by atomic mass is 16.7. The molecule has 3 rings (SSSR count). The van der Waals surface area contributed by atoms with Crippen molar-refractivity contribution in [3.63, 3.8) is 0 Å². The fourth-order valence-electron chi connectivity index (χ4n) is 2.45. The van der Waals surface area contributed by atoms with Crippen LogP contribution in [0.1, 0.15) is 25.8 Å². The van der Waals surface area contributed by atoms with Crippen molar-refractivity contribution >= 4 is 0 Å². The molecule has 1 fully saturated rings. The summed E-state index contributed by atoms with van der Waals surface area (Å²) >= 11 is 0. The van der Waals surface area contributed by atoms with E-state index in [1.54, 1.807) is 0 Å². The molecule has 2 atom stereocenters. The van der Waals surface area contributed by atoms with E-state index in [1.165, 1.54) is 5.56 Å². The molecule has 2 heterocycles. The third-order valence-corrected chi connectivity index (χ3v) is 3.38. The average Bonchev–Trinajstić information content (AvgIpc) is 2.97. The van der Waals surface area contributed by atoms with Gasteiger partial charge in [-0.05, 0) is 23.6 Å². The summed E-state index contributed by atoms with van der Waals surface area (Å²) < 4.78 is 22.3. The van der Waals surface area contributed by atoms with Gasteiger partial charge in [0.25, 0.3) is 0 Å². The van der Waals surface area contributed by atoms with Gasteiger partial charge in [-0.1, -0.05) is 19.9 Å². The predicted octanol–water partition coefficient (Wildman–Crippen LogP) is 2.75. The molecule has 0 bridgehead atoms. The van der Waals surface area contributed by atoms with Crippen LogP contribution < -0.4 is 9.47 Å². The van der Waals surface area contributed by atoms with Crippen molar-refractivity contribution in [2.24, 2.45) is 5.92 Å². The first-order chi connectivity index (χ1) is 9.20. The van der Waals surface area contributed by atoms with Crippen molar-refractivity contribution in [2.45, 2.75) is 39.1 Å². The maximum Gasteiger partial charge on any atom is 0.231 e. The van der Waals surface area contributed by atoms with E-state index < -0.39 is 0 Å². The van der Waals surface area contributed by atoms with Gasteiger partial charge in [0, 0.05) is 12.8 Å². The van der Waals surface area contributed by atoms with E-state index in [0.29, 0.717) is 19.3 Å². The summed E-state index contributed by atoms with van der Waals surface area (Å²) in [6.07, 6.45) is 1.91. The van der Waals surface area contributed by atoms with Crippen molar-refractivity contribution in [3.8, 4) is 11.5 Å². The molecule has 1 aromatic carbocycles. The summed E-state index contributed by atoms with van der Waals surface area (Å²) in [5.41, 5.74) is 1.20. The first-order valence-corrected chi connectivity index (χ1v) is 6.86. The fraction of sp³-hybridized carbons (Fsp3) is 0.600. The fourth-order valence-corrected chi connectivity index (χ4v) is 2.45. The molecular formula is C15H20O4. The largest absolute Gasteiger partial charge is 0.454 e. The van der Waals surface area contributed by atoms with Crippen LogP contribution in [0.2, 0.25) is 0 Å². The van der Waals surface area contributed by atoms with Gasteiger partial charge in [0.1, 0.15) is 0 Å². The van der Waals surface area contributed by atoms with Gasteiger partial charge < -0.3 is 18.9 Å². The van der Waals surface area contributed by atoms with E-state index in [2.05, 4.69) is 19.9 Å². The maximum absolute atomic E-state index is 5.90. The molecule has 0 spiro atoms. The molecule has 104 valence electrons. The van der Waals surface area contributed by atoms with Crippen LogP contribution in [0.4, 0.5) is 0 Å². The first kappa shape index (κ1) is 12.8. The highest BCUT2D eigenvalue weighted by Crippen LogP contribution is 2.33. The summed E-state index contributed by atoms with van der Waals surface area (Å²) in [4.78, 5) is 0. The third kappa shape index (κ3) is 3.01. The quantitative estimate of drug-likeness (QED) is 0.838. The number of benzene rings is 1. The van der Waals surface area contributed by atoms with E-state index in [1.807, 2.05) is 12.1 Å². The topological polar surface area (TPSA) is 36.9 Å². The van der Waals surface area contributed by atoms with Crippen LogP contribution in [0.25, 0.3) is 0 Å². The molecule has 2 aliphatic rings. The second-order valence-corrected chi connectivity index (χ2v) is 5.54. The van der Waals surface area contributed by atoms with Crippen LogP contribution in [-0.4, -0.2) is 25.8 Å². The van der Waals surface area contributed by atoms with Crippen molar-refractivity contribution in [1.29, 1.82) is 0 Å². The number of hydrogen-bond acceptors (Lipinski definition) is 4. The molecule has 0 radical (unpaired) electrons. The monoisotopic (exact) mass is 264 g/mol. The van der Waals surface area contributed by atoms with E-state index in [0.717, 1.165) is 24.3 Å². The average molecular weight is 264 g/mol. The molecule has 0 N–H and O–H groups in total. The maximum atomic E-state index is 5.90. The third-order valence-electron chi connectivity index (χ3n) is 3.38. The molecule has 4 nitrogen and oxygen atoms in total. The zero-order valence-electron chi connectivity index (χ0n) is 11.4. The molecule has 19 heavy (non-hydrogen) atoms. The van der Waals surface area contributed by atoms with Gasteiger partial charge >= 0.3 is 0 Å². The molecule has 0 saturated carbocycles. The predicted molar refractivity (Wildman–Crippen MR) is 70.3 cm³/mol. The number of fused-ring (bicyclic) bond motifs is 1. The lowest BCUT2D eigenvalue weighted by Crippen LogP contribution is -2.16. The Morgan fingerprint density at radius 1 is 1.21 bits per heavy atom. The summed E-state index contributed by atoms with van der Waals surface area (Å²) in [5, 5.41) is 0. The van der Waals surface area contributed by atoms with Crippen LogP contribution >= 0.6 is 0 Å². The van der Waals surface area contributed by atoms with Crippen LogP contribution in [0.5, 0.6) is 11.5 Å². The Hall–Kier alpha value is -1.26. The molecule has 1 aromatic rings. The molecular weight excluding hydrogens is 244 g/mol. The second kappa shape index (κ2) is 5.39. The van der Waals surface area contributed by atoms with Gasteiger partial charge in [0.2, 0.25) is 6.79 Å². The van der Waals surface area contributed by atoms with Crippen LogP contribution in [0.3, 0.4) is 0 Å². The Morgan fingerprint density at radius 2 is 2.05 bits per heavy atom. The minimum absolute atomic E-state index is 0.0426. The SMILES string of the molecule is CC(C)CC1OCC(Cc2ccc3c(c2)OCO3)O1. The highest BCUT2D eigenvalue weighted by molar-refractivity contribution is 5.44. The summed E-state index contributed by atoms with van der Waals surface area (Å²) in [5.74, 6) is 2.24. The van der Waals surface area contributed by atoms with Crippen LogP contribution in [-0.2, 0) is 15.9 Å². The minimum atomic E-state index is -0.0426. The van der Waals surface area contributed by atoms with Gasteiger partial charge in [0.15, 0.2) is 17.8 Å². The lowest BCUT2D eigenvalue weighted by atomic mass is 10.1. The lowest BCUT2D eigenvalue weighted by Gasteiger charge is -2.13. The number of hydrogen-bond donors (Lipinski definition) is 0. The Bertz CT molecular complexity index is 444. The van der Waals surface area contributed by atoms with E-state index in [9.17, 15) is 0 Å². The lowest BCUT2D eigenvalue weighted by molar-refractivity contribution is -0.0685. The Morgan fingerprint density at radius 3 is 2.89 bits per heavy atom. The Balaban J connectivity index is 1.57. The summed E-state index contributed by atoms with van der Waals surface area (Å²) in [7, 11) is 0. The van der Waals surface area contributed by atoms with Crippen LogP contribution in [0, 0.1) is 5.92 Å². The molecule has 1 saturated heterocycles. The van der Waals surface area contributed by atoms with E-state index in [4.69, 9.17) is 18.9 Å². The van der Waals surface area contributed by atoms with Crippen molar-refractivity contribution in [1.82, 2.24) is 0 Å². The summed E-state index contributed by atoms with van der Waals surface area (Å²) in [6, 6.07) is 6.05. The molecule has 0 aromatic heterocycles. The van der Waals surface area contributed by atoms with Crippen molar-refractivity contribution in [3.05, 3.63) is 23.8 Å². The van der Waals surface area contributed by atoms with Gasteiger partial charge in [-0.15, -0.1) is 0 Å². The van der Waals surface area contributed by atoms with Crippen LogP contribution in [0.15, 0.2) is 18.2 Å². The highest BCUT2D eigenvalue weighted by Gasteiger charge is 2.27. The van der Waals surface area contributed by atoms with Crippen molar-refractivity contribution in [2.75, 3.05) is 13.4 Å². The molecule has 0 aliphatic carbocycles. The standard InChI is InChI=1S/C15H20O4/c1-10(2)5-15-16-8-12(19-15)6-11-3-4-13-14(7-11)18-9-17-13/h3-4,7,10,12,15H,5-6,8-9H2,1-2H3. The first-order valence-electron chi connectivity index (χ1n) is 6.86. The van der Waals surface area contributed by atoms with Gasteiger partial charge in [0.05, 0.1) is 12.7 Å². The number of rotatable bonds is 4. The van der Waals surface area contributed by atoms with Gasteiger partial charge in [-0.2, -0.15) is 0 Å². The van der Waals surface area contributed by atoms with Gasteiger partial charge in [-0.3, -0.25) is 0 Å². The number of ether oxygens (including phenoxy) is 4. The normalized spacial score (nSPS) is 25.2. The summed E-state index contributed by atoms with van der Waals surface area (Å²) in [6.45, 7) is 5.35. The molecule has 2 aliphatic heterocycles. The zero-order chi connectivity index (χ0) is 13.2. The van der Waals surface area contributed by atoms with Gasteiger partial charge in [-0.25, -0.2) is 0 Å². The Kier molecular flexibility index (Phi) is 3.62. The minimum Gasteiger partial charge on any atom is -0.454 e. The van der Waals surface area contributed by atoms with Crippen molar-refractivity contribution < 1.29 is 18.9 Å². The molecule has 2 unspecified atom stereocenters. The van der Waals surface area contributed by atoms with E-state index in [-0.39, 0.29) is 12.4 Å². The second-order valence-electron chi connectivity index (χ2n) is 5.54. The van der Waals surface area contributed by atoms with E-state index >= 15 is 0 Å².